The Labute approximate surface area is 323 Å². The van der Waals surface area contributed by atoms with Crippen LogP contribution in [0.5, 0.6) is 11.5 Å². The highest BCUT2D eigenvalue weighted by Crippen LogP contribution is 2.28. The Morgan fingerprint density at radius 2 is 1.09 bits per heavy atom. The summed E-state index contributed by atoms with van der Waals surface area (Å²) in [5.74, 6) is -1.26. The summed E-state index contributed by atoms with van der Waals surface area (Å²) in [6.07, 6.45) is 6.32. The largest absolute Gasteiger partial charge is 0.490 e. The Morgan fingerprint density at radius 3 is 1.43 bits per heavy atom. The van der Waals surface area contributed by atoms with Crippen LogP contribution >= 0.6 is 23.2 Å². The second-order valence-electron chi connectivity index (χ2n) is 12.9. The lowest BCUT2D eigenvalue weighted by Gasteiger charge is -2.31. The van der Waals surface area contributed by atoms with E-state index < -0.39 is 31.7 Å². The second-order valence-corrected chi connectivity index (χ2v) is 17.3. The number of hydrogen-bond donors (Lipinski definition) is 2. The van der Waals surface area contributed by atoms with Crippen LogP contribution in [0, 0.1) is 23.5 Å². The number of nitrogens with one attached hydrogen (secondary N) is 2. The molecule has 2 fully saturated rings. The topological polar surface area (TPSA) is 155 Å². The van der Waals surface area contributed by atoms with E-state index in [1.165, 1.54) is 36.7 Å². The average Bonchev–Trinajstić information content (AvgIpc) is 3.11. The molecule has 0 amide bonds. The third-order valence-corrected chi connectivity index (χ3v) is 10.4. The van der Waals surface area contributed by atoms with Gasteiger partial charge in [-0.2, -0.15) is 0 Å². The number of sulfonamides is 2. The smallest absolute Gasteiger partial charge is 0.208 e. The summed E-state index contributed by atoms with van der Waals surface area (Å²) in [7, 11) is -6.68. The fraction of sp³-hybridized carbons (Fsp3) is 0.389. The first-order valence-corrected chi connectivity index (χ1v) is 21.4. The molecule has 18 heteroatoms. The molecule has 2 aliphatic heterocycles. The van der Waals surface area contributed by atoms with Crippen molar-refractivity contribution < 1.29 is 44.6 Å². The summed E-state index contributed by atoms with van der Waals surface area (Å²) in [6.45, 7) is 1.93. The number of hydrogen-bond acceptors (Lipinski definition) is 10. The molecule has 292 valence electrons. The van der Waals surface area contributed by atoms with Crippen LogP contribution in [-0.2, 0) is 29.5 Å². The van der Waals surface area contributed by atoms with E-state index in [-0.39, 0.29) is 48.6 Å². The molecule has 12 nitrogen and oxygen atoms in total. The summed E-state index contributed by atoms with van der Waals surface area (Å²) in [5.41, 5.74) is 2.41. The molecular weight excluding hydrogens is 789 g/mol. The molecule has 0 aliphatic carbocycles. The molecule has 6 rings (SSSR count). The Balaban J connectivity index is 0.000000208. The van der Waals surface area contributed by atoms with Crippen molar-refractivity contribution >= 4 is 43.2 Å². The van der Waals surface area contributed by atoms with Gasteiger partial charge in [0.1, 0.15) is 0 Å². The highest BCUT2D eigenvalue weighted by molar-refractivity contribution is 7.89. The van der Waals surface area contributed by atoms with Crippen LogP contribution in [0.4, 0.5) is 8.78 Å². The first-order valence-electron chi connectivity index (χ1n) is 16.8. The van der Waals surface area contributed by atoms with Crippen LogP contribution in [-0.4, -0.2) is 91.0 Å². The van der Waals surface area contributed by atoms with Crippen LogP contribution in [0.15, 0.2) is 73.1 Å². The number of nitrogens with zero attached hydrogens (tertiary/aromatic N) is 2. The molecule has 2 aliphatic rings. The number of ether oxygens (including phenoxy) is 4. The van der Waals surface area contributed by atoms with Crippen LogP contribution < -0.4 is 18.9 Å². The third-order valence-electron chi connectivity index (χ3n) is 8.50. The minimum absolute atomic E-state index is 0.0939. The standard InChI is InChI=1S/2C18H20ClFN2O4S/c2*1-27(23,24)22-17-6-7-25-10-13(17)11-26-18-5-2-12(8-15(18)20)16-4-3-14(19)9-21-16/h2*2-5,8-9,13,17,22H,6-7,10-11H2,1H3/t13-,17+;/m1./s1. The Hall–Kier alpha value is -3.48. The number of benzene rings is 2. The van der Waals surface area contributed by atoms with Gasteiger partial charge >= 0.3 is 0 Å². The molecular formula is C36H40Cl2F2N4O8S2. The minimum atomic E-state index is -3.34. The molecule has 4 heterocycles. The zero-order chi connectivity index (χ0) is 38.9. The Kier molecular flexibility index (Phi) is 14.6. The fourth-order valence-corrected chi connectivity index (χ4v) is 7.77. The third kappa shape index (κ3) is 12.8. The number of halogens is 4. The van der Waals surface area contributed by atoms with E-state index in [1.54, 1.807) is 36.4 Å². The van der Waals surface area contributed by atoms with E-state index >= 15 is 0 Å². The minimum Gasteiger partial charge on any atom is -0.490 e. The SMILES string of the molecule is CS(=O)(=O)NC1CCOCC1COc1ccc(-c2ccc(Cl)cn2)cc1F.CS(=O)(=O)N[C@H]1CCOC[C@@H]1COc1ccc(-c2ccc(Cl)cn2)cc1F. The first kappa shape index (κ1) is 41.7. The zero-order valence-electron chi connectivity index (χ0n) is 29.4. The Morgan fingerprint density at radius 1 is 0.685 bits per heavy atom. The van der Waals surface area contributed by atoms with E-state index in [0.717, 1.165) is 12.5 Å². The van der Waals surface area contributed by atoms with Gasteiger partial charge in [0.15, 0.2) is 23.1 Å². The maximum atomic E-state index is 14.4. The highest BCUT2D eigenvalue weighted by atomic mass is 35.5. The molecule has 4 atom stereocenters. The van der Waals surface area contributed by atoms with Gasteiger partial charge in [-0.05, 0) is 73.5 Å². The van der Waals surface area contributed by atoms with Crippen molar-refractivity contribution in [2.75, 3.05) is 52.2 Å². The van der Waals surface area contributed by atoms with Crippen molar-refractivity contribution in [2.24, 2.45) is 11.8 Å². The van der Waals surface area contributed by atoms with Gasteiger partial charge in [0.2, 0.25) is 20.0 Å². The number of rotatable bonds is 12. The molecule has 2 saturated heterocycles. The van der Waals surface area contributed by atoms with Crippen LogP contribution in [0.25, 0.3) is 22.5 Å². The van der Waals surface area contributed by atoms with Crippen molar-refractivity contribution in [2.45, 2.75) is 24.9 Å². The van der Waals surface area contributed by atoms with E-state index in [4.69, 9.17) is 42.1 Å². The van der Waals surface area contributed by atoms with Crippen molar-refractivity contribution in [1.82, 2.24) is 19.4 Å². The molecule has 54 heavy (non-hydrogen) atoms. The van der Waals surface area contributed by atoms with Gasteiger partial charge in [0.25, 0.3) is 0 Å². The second kappa shape index (κ2) is 18.9. The normalized spacial score (nSPS) is 20.4. The summed E-state index contributed by atoms with van der Waals surface area (Å²) in [5, 5.41) is 1.01. The van der Waals surface area contributed by atoms with Crippen molar-refractivity contribution in [1.29, 1.82) is 0 Å². The van der Waals surface area contributed by atoms with E-state index in [0.29, 0.717) is 71.8 Å². The van der Waals surface area contributed by atoms with Crippen LogP contribution in [0.2, 0.25) is 10.0 Å². The maximum absolute atomic E-state index is 14.4. The molecule has 0 bridgehead atoms. The lowest BCUT2D eigenvalue weighted by molar-refractivity contribution is 0.0179. The van der Waals surface area contributed by atoms with Gasteiger partial charge in [-0.1, -0.05) is 23.2 Å². The summed E-state index contributed by atoms with van der Waals surface area (Å²) < 4.78 is 102. The first-order chi connectivity index (χ1) is 25.6. The van der Waals surface area contributed by atoms with Gasteiger partial charge < -0.3 is 18.9 Å². The Bertz CT molecular complexity index is 1930. The lowest BCUT2D eigenvalue weighted by atomic mass is 9.98. The molecule has 0 spiro atoms. The van der Waals surface area contributed by atoms with Crippen LogP contribution in [0.1, 0.15) is 12.8 Å². The molecule has 0 saturated carbocycles. The van der Waals surface area contributed by atoms with Gasteiger partial charge in [-0.25, -0.2) is 35.1 Å². The van der Waals surface area contributed by atoms with E-state index in [1.807, 2.05) is 0 Å². The van der Waals surface area contributed by atoms with E-state index in [9.17, 15) is 25.6 Å². The van der Waals surface area contributed by atoms with Crippen molar-refractivity contribution in [3.8, 4) is 34.0 Å². The van der Waals surface area contributed by atoms with Crippen molar-refractivity contribution in [3.05, 3.63) is 94.7 Å². The average molecular weight is 830 g/mol. The summed E-state index contributed by atoms with van der Waals surface area (Å²) in [6, 6.07) is 15.4. The molecule has 0 radical (unpaired) electrons. The van der Waals surface area contributed by atoms with Crippen molar-refractivity contribution in [3.63, 3.8) is 0 Å². The molecule has 2 N–H and O–H groups in total. The highest BCUT2D eigenvalue weighted by Gasteiger charge is 2.30. The zero-order valence-corrected chi connectivity index (χ0v) is 32.5. The van der Waals surface area contributed by atoms with Gasteiger partial charge in [-0.3, -0.25) is 9.97 Å². The molecule has 2 unspecified atom stereocenters. The summed E-state index contributed by atoms with van der Waals surface area (Å²) >= 11 is 11.6. The fourth-order valence-electron chi connectivity index (χ4n) is 5.82. The van der Waals surface area contributed by atoms with Crippen LogP contribution in [0.3, 0.4) is 0 Å². The quantitative estimate of drug-likeness (QED) is 0.181. The molecule has 2 aromatic heterocycles. The molecule has 4 aromatic rings. The number of aromatic nitrogens is 2. The predicted octanol–water partition coefficient (Wildman–Crippen LogP) is 5.75. The maximum Gasteiger partial charge on any atom is 0.208 e. The van der Waals surface area contributed by atoms with Gasteiger partial charge in [0, 0.05) is 60.7 Å². The lowest BCUT2D eigenvalue weighted by Crippen LogP contribution is -2.47. The summed E-state index contributed by atoms with van der Waals surface area (Å²) in [4.78, 5) is 8.32. The predicted molar refractivity (Wildman–Crippen MR) is 202 cm³/mol. The molecule has 2 aromatic carbocycles. The van der Waals surface area contributed by atoms with Gasteiger partial charge in [0.05, 0.1) is 60.4 Å². The monoisotopic (exact) mass is 828 g/mol. The van der Waals surface area contributed by atoms with Gasteiger partial charge in [-0.15, -0.1) is 0 Å². The number of pyridine rings is 2. The van der Waals surface area contributed by atoms with E-state index in [2.05, 4.69) is 19.4 Å².